The first-order valence-corrected chi connectivity index (χ1v) is 10.7. The fourth-order valence-corrected chi connectivity index (χ4v) is 4.41. The van der Waals surface area contributed by atoms with Crippen LogP contribution in [0.2, 0.25) is 0 Å². The molecule has 6 rings (SSSR count). The molecule has 1 aliphatic rings. The molecule has 4 aromatic heterocycles. The van der Waals surface area contributed by atoms with Gasteiger partial charge in [-0.1, -0.05) is 24.3 Å². The highest BCUT2D eigenvalue weighted by molar-refractivity contribution is 5.91. The number of nitrogens with zero attached hydrogens (tertiary/aromatic N) is 5. The zero-order chi connectivity index (χ0) is 22.5. The van der Waals surface area contributed by atoms with Gasteiger partial charge in [-0.15, -0.1) is 10.2 Å². The molecule has 0 saturated heterocycles. The Hall–Kier alpha value is -4.27. The van der Waals surface area contributed by atoms with Crippen molar-refractivity contribution in [2.75, 3.05) is 6.54 Å². The van der Waals surface area contributed by atoms with E-state index >= 15 is 0 Å². The summed E-state index contributed by atoms with van der Waals surface area (Å²) < 4.78 is 12.0. The van der Waals surface area contributed by atoms with E-state index in [4.69, 9.17) is 8.83 Å². The summed E-state index contributed by atoms with van der Waals surface area (Å²) in [4.78, 5) is 27.4. The van der Waals surface area contributed by atoms with Gasteiger partial charge in [0.25, 0.3) is 5.89 Å². The average molecular weight is 440 g/mol. The molecule has 0 radical (unpaired) electrons. The van der Waals surface area contributed by atoms with Crippen molar-refractivity contribution in [3.8, 4) is 11.6 Å². The smallest absolute Gasteiger partial charge is 0.312 e. The molecule has 1 aromatic carbocycles. The number of fused-ring (bicyclic) bond motifs is 2. The van der Waals surface area contributed by atoms with E-state index in [0.717, 1.165) is 33.6 Å². The molecule has 0 bridgehead atoms. The van der Waals surface area contributed by atoms with E-state index in [9.17, 15) is 4.79 Å². The maximum atomic E-state index is 13.6. The van der Waals surface area contributed by atoms with Crippen LogP contribution in [0, 0.1) is 13.8 Å². The number of rotatable bonds is 3. The molecule has 1 aliphatic heterocycles. The van der Waals surface area contributed by atoms with Crippen LogP contribution in [-0.4, -0.2) is 42.5 Å². The standard InChI is InChI=1S/C24H20N6O3/c1-13-6-5-8-17(27-13)22-28-29-23(33-22)24(31)30-11-10-16-19(26-12-25-16)20(30)21-14(2)15-7-3-4-9-18(15)32-21/h3-9,12,20H,10-11H2,1-2H3,(H,25,26)/t20-/m0/s1. The van der Waals surface area contributed by atoms with E-state index in [-0.39, 0.29) is 17.7 Å². The van der Waals surface area contributed by atoms with Crippen molar-refractivity contribution in [1.82, 2.24) is 30.0 Å². The largest absolute Gasteiger partial charge is 0.458 e. The zero-order valence-electron chi connectivity index (χ0n) is 18.1. The van der Waals surface area contributed by atoms with Crippen LogP contribution in [0.3, 0.4) is 0 Å². The van der Waals surface area contributed by atoms with E-state index in [2.05, 4.69) is 25.1 Å². The molecule has 0 aliphatic carbocycles. The molecule has 9 nitrogen and oxygen atoms in total. The van der Waals surface area contributed by atoms with Crippen molar-refractivity contribution in [3.63, 3.8) is 0 Å². The Morgan fingerprint density at radius 3 is 2.82 bits per heavy atom. The first kappa shape index (κ1) is 19.4. The van der Waals surface area contributed by atoms with Gasteiger partial charge >= 0.3 is 11.8 Å². The molecule has 5 heterocycles. The number of nitrogens with one attached hydrogen (secondary N) is 1. The lowest BCUT2D eigenvalue weighted by molar-refractivity contribution is 0.0632. The van der Waals surface area contributed by atoms with Crippen LogP contribution in [0.15, 0.2) is 57.6 Å². The Labute approximate surface area is 188 Å². The van der Waals surface area contributed by atoms with Crippen LogP contribution < -0.4 is 0 Å². The van der Waals surface area contributed by atoms with Gasteiger partial charge in [0.15, 0.2) is 0 Å². The number of aromatic nitrogens is 5. The third-order valence-corrected chi connectivity index (χ3v) is 6.03. The van der Waals surface area contributed by atoms with Gasteiger partial charge in [0, 0.05) is 35.3 Å². The molecule has 0 fully saturated rings. The fourth-order valence-electron chi connectivity index (χ4n) is 4.41. The van der Waals surface area contributed by atoms with Gasteiger partial charge in [-0.2, -0.15) is 0 Å². The van der Waals surface area contributed by atoms with Crippen LogP contribution in [0.25, 0.3) is 22.6 Å². The maximum absolute atomic E-state index is 13.6. The number of aromatic amines is 1. The van der Waals surface area contributed by atoms with E-state index in [1.807, 2.05) is 50.2 Å². The summed E-state index contributed by atoms with van der Waals surface area (Å²) in [6, 6.07) is 12.8. The Bertz CT molecular complexity index is 1500. The topological polar surface area (TPSA) is 114 Å². The number of amides is 1. The van der Waals surface area contributed by atoms with Crippen molar-refractivity contribution in [3.05, 3.63) is 83.1 Å². The zero-order valence-corrected chi connectivity index (χ0v) is 18.1. The molecule has 9 heteroatoms. The van der Waals surface area contributed by atoms with Crippen LogP contribution in [0.4, 0.5) is 0 Å². The number of pyridine rings is 1. The number of H-pyrrole nitrogens is 1. The van der Waals surface area contributed by atoms with Gasteiger partial charge in [0.1, 0.15) is 23.1 Å². The summed E-state index contributed by atoms with van der Waals surface area (Å²) in [5.74, 6) is 0.416. The highest BCUT2D eigenvalue weighted by Gasteiger charge is 2.39. The molecule has 1 N–H and O–H groups in total. The van der Waals surface area contributed by atoms with E-state index in [1.54, 1.807) is 17.3 Å². The highest BCUT2D eigenvalue weighted by atomic mass is 16.4. The molecule has 1 atom stereocenters. The number of imidazole rings is 1. The van der Waals surface area contributed by atoms with Crippen LogP contribution in [0.1, 0.15) is 45.1 Å². The predicted molar refractivity (Wildman–Crippen MR) is 118 cm³/mol. The Morgan fingerprint density at radius 1 is 1.09 bits per heavy atom. The van der Waals surface area contributed by atoms with E-state index < -0.39 is 6.04 Å². The number of hydrogen-bond acceptors (Lipinski definition) is 7. The second-order valence-corrected chi connectivity index (χ2v) is 8.08. The number of carbonyl (C=O) groups excluding carboxylic acids is 1. The van der Waals surface area contributed by atoms with Crippen LogP contribution >= 0.6 is 0 Å². The second-order valence-electron chi connectivity index (χ2n) is 8.08. The van der Waals surface area contributed by atoms with Gasteiger partial charge in [-0.05, 0) is 32.0 Å². The van der Waals surface area contributed by atoms with Crippen molar-refractivity contribution in [2.45, 2.75) is 26.3 Å². The molecule has 0 unspecified atom stereocenters. The highest BCUT2D eigenvalue weighted by Crippen LogP contribution is 2.39. The van der Waals surface area contributed by atoms with Gasteiger partial charge < -0.3 is 18.7 Å². The number of benzene rings is 1. The normalized spacial score (nSPS) is 15.7. The van der Waals surface area contributed by atoms with Gasteiger partial charge in [0.2, 0.25) is 0 Å². The Balaban J connectivity index is 1.42. The quantitative estimate of drug-likeness (QED) is 0.451. The van der Waals surface area contributed by atoms with Crippen molar-refractivity contribution >= 4 is 16.9 Å². The molecule has 164 valence electrons. The predicted octanol–water partition coefficient (Wildman–Crippen LogP) is 4.01. The molecule has 0 spiro atoms. The first-order chi connectivity index (χ1) is 16.1. The van der Waals surface area contributed by atoms with Gasteiger partial charge in [0.05, 0.1) is 12.0 Å². The lowest BCUT2D eigenvalue weighted by Crippen LogP contribution is -2.41. The van der Waals surface area contributed by atoms with Crippen LogP contribution in [-0.2, 0) is 6.42 Å². The summed E-state index contributed by atoms with van der Waals surface area (Å²) >= 11 is 0. The first-order valence-electron chi connectivity index (χ1n) is 10.7. The fraction of sp³-hybridized carbons (Fsp3) is 0.208. The lowest BCUT2D eigenvalue weighted by Gasteiger charge is -2.33. The minimum Gasteiger partial charge on any atom is -0.458 e. The number of hydrogen-bond donors (Lipinski definition) is 1. The van der Waals surface area contributed by atoms with Crippen LogP contribution in [0.5, 0.6) is 0 Å². The molecule has 1 amide bonds. The lowest BCUT2D eigenvalue weighted by atomic mass is 9.97. The molecular weight excluding hydrogens is 420 g/mol. The maximum Gasteiger partial charge on any atom is 0.312 e. The number of furan rings is 1. The summed E-state index contributed by atoms with van der Waals surface area (Å²) in [6.07, 6.45) is 2.29. The van der Waals surface area contributed by atoms with E-state index in [1.165, 1.54) is 0 Å². The second kappa shape index (κ2) is 7.40. The molecule has 5 aromatic rings. The van der Waals surface area contributed by atoms with E-state index in [0.29, 0.717) is 24.4 Å². The number of aryl methyl sites for hydroxylation is 2. The minimum absolute atomic E-state index is 0.0916. The number of carbonyl (C=O) groups is 1. The minimum atomic E-state index is -0.507. The Morgan fingerprint density at radius 2 is 1.97 bits per heavy atom. The summed E-state index contributed by atoms with van der Waals surface area (Å²) in [5.41, 5.74) is 4.83. The van der Waals surface area contributed by atoms with Crippen molar-refractivity contribution < 1.29 is 13.6 Å². The SMILES string of the molecule is Cc1cccc(-c2nnc(C(=O)N3CCc4[nH]cnc4[C@H]3c3oc4ccccc4c3C)o2)n1. The van der Waals surface area contributed by atoms with Crippen molar-refractivity contribution in [2.24, 2.45) is 0 Å². The molecular formula is C24H20N6O3. The number of para-hydroxylation sites is 1. The van der Waals surface area contributed by atoms with Crippen molar-refractivity contribution in [1.29, 1.82) is 0 Å². The van der Waals surface area contributed by atoms with Gasteiger partial charge in [-0.3, -0.25) is 4.79 Å². The summed E-state index contributed by atoms with van der Waals surface area (Å²) in [5, 5.41) is 9.09. The van der Waals surface area contributed by atoms with Gasteiger partial charge in [-0.25, -0.2) is 9.97 Å². The summed E-state index contributed by atoms with van der Waals surface area (Å²) in [6.45, 7) is 4.33. The third-order valence-electron chi connectivity index (χ3n) is 6.03. The molecule has 0 saturated carbocycles. The third kappa shape index (κ3) is 3.12. The monoisotopic (exact) mass is 440 g/mol. The summed E-state index contributed by atoms with van der Waals surface area (Å²) in [7, 11) is 0. The average Bonchev–Trinajstić information content (AvgIpc) is 3.57. The Kier molecular flexibility index (Phi) is 4.36. The molecule has 33 heavy (non-hydrogen) atoms.